The van der Waals surface area contributed by atoms with Gasteiger partial charge in [-0.3, -0.25) is 5.32 Å². The standard InChI is InChI=1S/C23H28N6O5/c1-32-12-16(13-33-2)29-22-19(9-24-29)21(28-10-17-7-8-18(11-28)34-17)26-20(27-22)14-3-5-15(6-4-14)25-23(30)31/h3-6,9,16-18,25H,7-8,10-13H2,1-2H3,(H,30,31). The van der Waals surface area contributed by atoms with Gasteiger partial charge in [0, 0.05) is 38.6 Å². The molecule has 2 unspecified atom stereocenters. The number of carboxylic acid groups (broad SMARTS) is 1. The maximum Gasteiger partial charge on any atom is 0.409 e. The highest BCUT2D eigenvalue weighted by Gasteiger charge is 2.35. The van der Waals surface area contributed by atoms with Gasteiger partial charge in [-0.25, -0.2) is 19.4 Å². The Balaban J connectivity index is 1.60. The zero-order valence-corrected chi connectivity index (χ0v) is 19.2. The predicted octanol–water partition coefficient (Wildman–Crippen LogP) is 2.78. The fourth-order valence-electron chi connectivity index (χ4n) is 4.74. The first-order valence-electron chi connectivity index (χ1n) is 11.3. The minimum Gasteiger partial charge on any atom is -0.465 e. The molecule has 2 aromatic heterocycles. The number of hydrogen-bond donors (Lipinski definition) is 2. The van der Waals surface area contributed by atoms with Crippen LogP contribution in [0.5, 0.6) is 0 Å². The lowest BCUT2D eigenvalue weighted by atomic mass is 10.2. The number of nitrogens with one attached hydrogen (secondary N) is 1. The lowest BCUT2D eigenvalue weighted by Gasteiger charge is -2.33. The second kappa shape index (κ2) is 9.53. The summed E-state index contributed by atoms with van der Waals surface area (Å²) in [6.45, 7) is 2.40. The minimum atomic E-state index is -1.11. The Labute approximate surface area is 196 Å². The highest BCUT2D eigenvalue weighted by molar-refractivity contribution is 5.89. The predicted molar refractivity (Wildman–Crippen MR) is 125 cm³/mol. The lowest BCUT2D eigenvalue weighted by molar-refractivity contribution is 0.0303. The number of nitrogens with zero attached hydrogens (tertiary/aromatic N) is 5. The number of anilines is 2. The molecule has 2 N–H and O–H groups in total. The fraction of sp³-hybridized carbons (Fsp3) is 0.478. The summed E-state index contributed by atoms with van der Waals surface area (Å²) in [4.78, 5) is 23.0. The van der Waals surface area contributed by atoms with E-state index in [0.29, 0.717) is 30.4 Å². The van der Waals surface area contributed by atoms with Crippen molar-refractivity contribution in [3.05, 3.63) is 30.5 Å². The molecule has 3 aromatic rings. The van der Waals surface area contributed by atoms with E-state index in [4.69, 9.17) is 29.3 Å². The van der Waals surface area contributed by atoms with Crippen molar-refractivity contribution in [3.8, 4) is 11.4 Å². The number of aromatic nitrogens is 4. The van der Waals surface area contributed by atoms with Crippen molar-refractivity contribution in [1.82, 2.24) is 19.7 Å². The number of fused-ring (bicyclic) bond motifs is 3. The van der Waals surface area contributed by atoms with Crippen LogP contribution in [0.15, 0.2) is 30.5 Å². The maximum atomic E-state index is 10.9. The molecule has 11 heteroatoms. The summed E-state index contributed by atoms with van der Waals surface area (Å²) in [5.41, 5.74) is 1.95. The summed E-state index contributed by atoms with van der Waals surface area (Å²) in [6, 6.07) is 6.86. The molecule has 2 atom stereocenters. The van der Waals surface area contributed by atoms with Gasteiger partial charge in [-0.1, -0.05) is 0 Å². The van der Waals surface area contributed by atoms with Crippen LogP contribution in [-0.2, 0) is 14.2 Å². The molecule has 2 aliphatic rings. The van der Waals surface area contributed by atoms with Crippen molar-refractivity contribution in [2.24, 2.45) is 0 Å². The van der Waals surface area contributed by atoms with E-state index in [-0.39, 0.29) is 18.2 Å². The Morgan fingerprint density at radius 3 is 2.44 bits per heavy atom. The number of morpholine rings is 1. The van der Waals surface area contributed by atoms with E-state index in [9.17, 15) is 4.79 Å². The van der Waals surface area contributed by atoms with E-state index in [1.165, 1.54) is 0 Å². The molecule has 2 fully saturated rings. The average molecular weight is 469 g/mol. The van der Waals surface area contributed by atoms with Crippen molar-refractivity contribution in [2.45, 2.75) is 31.1 Å². The topological polar surface area (TPSA) is 124 Å². The van der Waals surface area contributed by atoms with E-state index in [1.807, 2.05) is 23.0 Å². The zero-order chi connectivity index (χ0) is 23.7. The van der Waals surface area contributed by atoms with Gasteiger partial charge in [0.1, 0.15) is 11.9 Å². The molecule has 2 saturated heterocycles. The Kier molecular flexibility index (Phi) is 6.31. The van der Waals surface area contributed by atoms with Crippen LogP contribution < -0.4 is 10.2 Å². The van der Waals surface area contributed by atoms with Crippen molar-refractivity contribution in [1.29, 1.82) is 0 Å². The zero-order valence-electron chi connectivity index (χ0n) is 19.2. The highest BCUT2D eigenvalue weighted by Crippen LogP contribution is 2.34. The first kappa shape index (κ1) is 22.5. The van der Waals surface area contributed by atoms with Gasteiger partial charge in [0.25, 0.3) is 0 Å². The largest absolute Gasteiger partial charge is 0.465 e. The number of amides is 1. The summed E-state index contributed by atoms with van der Waals surface area (Å²) in [6.07, 6.45) is 3.23. The number of benzene rings is 1. The molecule has 2 bridgehead atoms. The number of methoxy groups -OCH3 is 2. The van der Waals surface area contributed by atoms with Gasteiger partial charge in [-0.05, 0) is 37.1 Å². The Hall–Kier alpha value is -3.28. The molecular weight excluding hydrogens is 440 g/mol. The summed E-state index contributed by atoms with van der Waals surface area (Å²) in [5.74, 6) is 1.37. The molecule has 0 aliphatic carbocycles. The Bertz CT molecular complexity index is 1150. The SMILES string of the molecule is COCC(COC)n1ncc2c(N3CC4CCC(C3)O4)nc(-c3ccc(NC(=O)O)cc3)nc21. The summed E-state index contributed by atoms with van der Waals surface area (Å²) in [7, 11) is 3.30. The molecule has 5 rings (SSSR count). The molecule has 2 aliphatic heterocycles. The molecule has 180 valence electrons. The van der Waals surface area contributed by atoms with Crippen LogP contribution in [0.4, 0.5) is 16.3 Å². The smallest absolute Gasteiger partial charge is 0.409 e. The average Bonchev–Trinajstić information content (AvgIpc) is 3.40. The van der Waals surface area contributed by atoms with E-state index in [2.05, 4.69) is 15.3 Å². The Morgan fingerprint density at radius 1 is 1.15 bits per heavy atom. The third-order valence-corrected chi connectivity index (χ3v) is 6.24. The van der Waals surface area contributed by atoms with Gasteiger partial charge < -0.3 is 24.2 Å². The second-order valence-corrected chi connectivity index (χ2v) is 8.63. The molecule has 34 heavy (non-hydrogen) atoms. The summed E-state index contributed by atoms with van der Waals surface area (Å²) >= 11 is 0. The first-order valence-corrected chi connectivity index (χ1v) is 11.3. The minimum absolute atomic E-state index is 0.147. The third kappa shape index (κ3) is 4.41. The van der Waals surface area contributed by atoms with Crippen LogP contribution >= 0.6 is 0 Å². The van der Waals surface area contributed by atoms with Crippen LogP contribution in [0, 0.1) is 0 Å². The first-order chi connectivity index (χ1) is 16.6. The quantitative estimate of drug-likeness (QED) is 0.513. The maximum absolute atomic E-state index is 10.9. The molecule has 4 heterocycles. The summed E-state index contributed by atoms with van der Waals surface area (Å²) in [5, 5.41) is 16.8. The molecule has 0 radical (unpaired) electrons. The number of hydrogen-bond acceptors (Lipinski definition) is 8. The van der Waals surface area contributed by atoms with Crippen molar-refractivity contribution < 1.29 is 24.1 Å². The molecule has 1 amide bonds. The molecule has 1 aromatic carbocycles. The third-order valence-electron chi connectivity index (χ3n) is 6.24. The molecule has 0 spiro atoms. The van der Waals surface area contributed by atoms with Crippen LogP contribution in [0.2, 0.25) is 0 Å². The van der Waals surface area contributed by atoms with Crippen molar-refractivity contribution in [2.75, 3.05) is 50.7 Å². The van der Waals surface area contributed by atoms with Gasteiger partial charge >= 0.3 is 6.09 Å². The van der Waals surface area contributed by atoms with Crippen LogP contribution in [0.1, 0.15) is 18.9 Å². The lowest BCUT2D eigenvalue weighted by Crippen LogP contribution is -2.43. The molecule has 0 saturated carbocycles. The van der Waals surface area contributed by atoms with Gasteiger partial charge in [-0.2, -0.15) is 5.10 Å². The summed E-state index contributed by atoms with van der Waals surface area (Å²) < 4.78 is 18.7. The number of carbonyl (C=O) groups is 1. The monoisotopic (exact) mass is 468 g/mol. The molecular formula is C23H28N6O5. The van der Waals surface area contributed by atoms with Crippen LogP contribution in [-0.4, -0.2) is 83.7 Å². The van der Waals surface area contributed by atoms with Gasteiger partial charge in [0.15, 0.2) is 11.5 Å². The Morgan fingerprint density at radius 2 is 1.82 bits per heavy atom. The number of ether oxygens (including phenoxy) is 3. The van der Waals surface area contributed by atoms with Crippen LogP contribution in [0.3, 0.4) is 0 Å². The van der Waals surface area contributed by atoms with Gasteiger partial charge in [0.05, 0.1) is 37.0 Å². The van der Waals surface area contributed by atoms with E-state index in [1.54, 1.807) is 26.4 Å². The normalized spacial score (nSPS) is 19.8. The molecule has 11 nitrogen and oxygen atoms in total. The fourth-order valence-corrected chi connectivity index (χ4v) is 4.74. The van der Waals surface area contributed by atoms with E-state index >= 15 is 0 Å². The van der Waals surface area contributed by atoms with Crippen LogP contribution in [0.25, 0.3) is 22.4 Å². The van der Waals surface area contributed by atoms with Crippen molar-refractivity contribution in [3.63, 3.8) is 0 Å². The van der Waals surface area contributed by atoms with E-state index < -0.39 is 6.09 Å². The van der Waals surface area contributed by atoms with Crippen molar-refractivity contribution >= 4 is 28.6 Å². The van der Waals surface area contributed by atoms with E-state index in [0.717, 1.165) is 42.7 Å². The number of rotatable bonds is 8. The second-order valence-electron chi connectivity index (χ2n) is 8.63. The van der Waals surface area contributed by atoms with Gasteiger partial charge in [-0.15, -0.1) is 0 Å². The highest BCUT2D eigenvalue weighted by atomic mass is 16.5. The van der Waals surface area contributed by atoms with Gasteiger partial charge in [0.2, 0.25) is 0 Å².